The van der Waals surface area contributed by atoms with Gasteiger partial charge in [0.05, 0.1) is 5.56 Å². The van der Waals surface area contributed by atoms with Crippen molar-refractivity contribution in [3.05, 3.63) is 82.7 Å². The van der Waals surface area contributed by atoms with E-state index in [1.54, 1.807) is 55.5 Å². The maximum Gasteiger partial charge on any atom is 0.395 e. The highest BCUT2D eigenvalue weighted by Crippen LogP contribution is 2.27. The first-order valence-electron chi connectivity index (χ1n) is 7.50. The van der Waals surface area contributed by atoms with Crippen molar-refractivity contribution in [3.63, 3.8) is 0 Å². The van der Waals surface area contributed by atoms with Gasteiger partial charge in [0.1, 0.15) is 5.92 Å². The van der Waals surface area contributed by atoms with Crippen molar-refractivity contribution < 1.29 is 19.4 Å². The van der Waals surface area contributed by atoms with Crippen LogP contribution in [0.5, 0.6) is 0 Å². The molecule has 2 atom stereocenters. The third kappa shape index (κ3) is 3.99. The smallest absolute Gasteiger partial charge is 0.395 e. The zero-order chi connectivity index (χ0) is 17.5. The highest BCUT2D eigenvalue weighted by molar-refractivity contribution is 5.80. The molecule has 0 radical (unpaired) electrons. The highest BCUT2D eigenvalue weighted by atomic mass is 16.6. The van der Waals surface area contributed by atoms with E-state index in [2.05, 4.69) is 4.85 Å². The van der Waals surface area contributed by atoms with Crippen LogP contribution < -0.4 is 0 Å². The van der Waals surface area contributed by atoms with Crippen LogP contribution in [0.25, 0.3) is 4.85 Å². The fourth-order valence-corrected chi connectivity index (χ4v) is 2.35. The number of benzene rings is 2. The van der Waals surface area contributed by atoms with E-state index in [4.69, 9.17) is 11.3 Å². The van der Waals surface area contributed by atoms with Gasteiger partial charge >= 0.3 is 18.2 Å². The van der Waals surface area contributed by atoms with Crippen molar-refractivity contribution in [2.45, 2.75) is 25.5 Å². The topological polar surface area (TPSA) is 68.0 Å². The number of rotatable bonds is 6. The van der Waals surface area contributed by atoms with Gasteiger partial charge in [0, 0.05) is 6.42 Å². The lowest BCUT2D eigenvalue weighted by atomic mass is 9.91. The zero-order valence-electron chi connectivity index (χ0n) is 13.2. The summed E-state index contributed by atoms with van der Waals surface area (Å²) in [6.45, 7) is 8.82. The van der Waals surface area contributed by atoms with Crippen molar-refractivity contribution >= 4 is 11.9 Å². The van der Waals surface area contributed by atoms with Gasteiger partial charge in [-0.3, -0.25) is 14.4 Å². The van der Waals surface area contributed by atoms with Crippen molar-refractivity contribution in [3.8, 4) is 0 Å². The van der Waals surface area contributed by atoms with Crippen molar-refractivity contribution in [2.24, 2.45) is 0 Å². The minimum Gasteiger partial charge on any atom is -0.481 e. The number of hydrogen-bond acceptors (Lipinski definition) is 3. The lowest BCUT2D eigenvalue weighted by Crippen LogP contribution is -2.13. The van der Waals surface area contributed by atoms with E-state index in [0.717, 1.165) is 0 Å². The Hall–Kier alpha value is -3.13. The normalized spacial score (nSPS) is 12.7. The Kier molecular flexibility index (Phi) is 5.69. The van der Waals surface area contributed by atoms with E-state index in [9.17, 15) is 14.7 Å². The minimum absolute atomic E-state index is 0.194. The molecule has 24 heavy (non-hydrogen) atoms. The van der Waals surface area contributed by atoms with E-state index >= 15 is 0 Å². The monoisotopic (exact) mass is 323 g/mol. The summed E-state index contributed by atoms with van der Waals surface area (Å²) >= 11 is 0. The fourth-order valence-electron chi connectivity index (χ4n) is 2.35. The Morgan fingerprint density at radius 2 is 1.58 bits per heavy atom. The molecule has 0 bridgehead atoms. The molecular weight excluding hydrogens is 306 g/mol. The second-order valence-corrected chi connectivity index (χ2v) is 5.17. The first-order chi connectivity index (χ1) is 11.6. The molecule has 0 saturated heterocycles. The van der Waals surface area contributed by atoms with Crippen LogP contribution in [0.15, 0.2) is 54.6 Å². The standard InChI is InChI=1S/C19H17NO4/c1-3-16(21)24-18(20-2)15-11-9-14(10-12-15)17(19(22)23)13-7-5-4-6-8-13/h4-12,17-18H,3H2,1H3,(H,22,23). The molecule has 2 aromatic carbocycles. The lowest BCUT2D eigenvalue weighted by Gasteiger charge is -2.14. The fraction of sp³-hybridized carbons (Fsp3) is 0.211. The number of carboxylic acid groups (broad SMARTS) is 1. The van der Waals surface area contributed by atoms with Crippen molar-refractivity contribution in [2.75, 3.05) is 0 Å². The molecule has 5 heteroatoms. The Morgan fingerprint density at radius 3 is 2.08 bits per heavy atom. The molecule has 2 rings (SSSR count). The van der Waals surface area contributed by atoms with Crippen LogP contribution >= 0.6 is 0 Å². The molecule has 2 aromatic rings. The van der Waals surface area contributed by atoms with Gasteiger partial charge < -0.3 is 9.84 Å². The number of hydrogen-bond donors (Lipinski definition) is 1. The lowest BCUT2D eigenvalue weighted by molar-refractivity contribution is -0.147. The van der Waals surface area contributed by atoms with E-state index in [-0.39, 0.29) is 6.42 Å². The summed E-state index contributed by atoms with van der Waals surface area (Å²) in [5.74, 6) is -2.19. The Labute approximate surface area is 140 Å². The number of ether oxygens (including phenoxy) is 1. The molecule has 2 unspecified atom stereocenters. The molecule has 0 spiro atoms. The van der Waals surface area contributed by atoms with Crippen LogP contribution in [0.1, 0.15) is 42.2 Å². The summed E-state index contributed by atoms with van der Waals surface area (Å²) in [5.41, 5.74) is 1.80. The molecule has 0 aliphatic carbocycles. The van der Waals surface area contributed by atoms with E-state index in [1.807, 2.05) is 6.07 Å². The summed E-state index contributed by atoms with van der Waals surface area (Å²) in [5, 5.41) is 9.54. The first-order valence-corrected chi connectivity index (χ1v) is 7.50. The van der Waals surface area contributed by atoms with Gasteiger partial charge in [-0.25, -0.2) is 6.57 Å². The van der Waals surface area contributed by atoms with Gasteiger partial charge in [0.2, 0.25) is 0 Å². The minimum atomic E-state index is -1.01. The SMILES string of the molecule is [C-]#[N+]C(OC(=O)CC)c1ccc(C(C(=O)O)c2ccccc2)cc1. The second-order valence-electron chi connectivity index (χ2n) is 5.17. The average Bonchev–Trinajstić information content (AvgIpc) is 2.61. The Morgan fingerprint density at radius 1 is 1.04 bits per heavy atom. The number of carbonyl (C=O) groups excluding carboxylic acids is 1. The molecule has 0 fully saturated rings. The average molecular weight is 323 g/mol. The summed E-state index contributed by atoms with van der Waals surface area (Å²) in [6.07, 6.45) is -0.814. The van der Waals surface area contributed by atoms with Crippen LogP contribution in [-0.4, -0.2) is 17.0 Å². The predicted octanol–water partition coefficient (Wildman–Crippen LogP) is 3.77. The number of carboxylic acids is 1. The summed E-state index contributed by atoms with van der Waals surface area (Å²) < 4.78 is 5.06. The number of esters is 1. The van der Waals surface area contributed by atoms with Crippen molar-refractivity contribution in [1.82, 2.24) is 0 Å². The molecule has 0 saturated carbocycles. The van der Waals surface area contributed by atoms with E-state index in [0.29, 0.717) is 16.7 Å². The van der Waals surface area contributed by atoms with Gasteiger partial charge in [0.25, 0.3) is 0 Å². The van der Waals surface area contributed by atoms with Gasteiger partial charge in [-0.15, -0.1) is 0 Å². The maximum absolute atomic E-state index is 11.6. The molecule has 5 nitrogen and oxygen atoms in total. The molecule has 0 aliphatic rings. The van der Waals surface area contributed by atoms with Crippen LogP contribution in [0.4, 0.5) is 0 Å². The molecule has 0 amide bonds. The van der Waals surface area contributed by atoms with E-state index < -0.39 is 24.1 Å². The van der Waals surface area contributed by atoms with Gasteiger partial charge in [0.15, 0.2) is 0 Å². The van der Waals surface area contributed by atoms with Gasteiger partial charge in [-0.05, 0) is 23.3 Å². The van der Waals surface area contributed by atoms with Crippen LogP contribution in [0, 0.1) is 6.57 Å². The van der Waals surface area contributed by atoms with Crippen molar-refractivity contribution in [1.29, 1.82) is 0 Å². The zero-order valence-corrected chi connectivity index (χ0v) is 13.2. The number of aliphatic carboxylic acids is 1. The molecular formula is C19H17NO4. The summed E-state index contributed by atoms with van der Waals surface area (Å²) in [7, 11) is 0. The quantitative estimate of drug-likeness (QED) is 0.649. The molecule has 122 valence electrons. The Bertz CT molecular complexity index is 747. The third-order valence-electron chi connectivity index (χ3n) is 3.58. The molecule has 0 aromatic heterocycles. The Balaban J connectivity index is 2.28. The second kappa shape index (κ2) is 7.93. The van der Waals surface area contributed by atoms with Crippen LogP contribution in [0.2, 0.25) is 0 Å². The summed E-state index contributed by atoms with van der Waals surface area (Å²) in [4.78, 5) is 26.3. The van der Waals surface area contributed by atoms with Gasteiger partial charge in [-0.1, -0.05) is 49.4 Å². The highest BCUT2D eigenvalue weighted by Gasteiger charge is 2.24. The maximum atomic E-state index is 11.6. The van der Waals surface area contributed by atoms with Gasteiger partial charge in [-0.2, -0.15) is 0 Å². The molecule has 1 N–H and O–H groups in total. The van der Waals surface area contributed by atoms with E-state index in [1.165, 1.54) is 0 Å². The van der Waals surface area contributed by atoms with Crippen LogP contribution in [0.3, 0.4) is 0 Å². The molecule has 0 heterocycles. The number of carbonyl (C=O) groups is 2. The molecule has 0 aliphatic heterocycles. The van der Waals surface area contributed by atoms with Crippen LogP contribution in [-0.2, 0) is 14.3 Å². The summed E-state index contributed by atoms with van der Waals surface area (Å²) in [6, 6.07) is 15.5. The predicted molar refractivity (Wildman–Crippen MR) is 88.1 cm³/mol. The third-order valence-corrected chi connectivity index (χ3v) is 3.58. The number of nitrogens with zero attached hydrogens (tertiary/aromatic N) is 1. The first kappa shape index (κ1) is 17.2. The largest absolute Gasteiger partial charge is 0.481 e.